The van der Waals surface area contributed by atoms with Gasteiger partial charge in [0.05, 0.1) is 6.04 Å². The lowest BCUT2D eigenvalue weighted by atomic mass is 9.87. The number of allylic oxidation sites excluding steroid dienone is 4. The molecule has 4 N–H and O–H groups in total. The number of carboxylic acid groups (broad SMARTS) is 1. The summed E-state index contributed by atoms with van der Waals surface area (Å²) in [6.07, 6.45) is 6.14. The van der Waals surface area contributed by atoms with Crippen molar-refractivity contribution in [3.8, 4) is 0 Å². The van der Waals surface area contributed by atoms with Crippen LogP contribution >= 0.6 is 0 Å². The molecule has 8 heteroatoms. The van der Waals surface area contributed by atoms with Crippen LogP contribution in [0.1, 0.15) is 12.8 Å². The summed E-state index contributed by atoms with van der Waals surface area (Å²) >= 11 is 0. The Bertz CT molecular complexity index is 828. The van der Waals surface area contributed by atoms with Crippen molar-refractivity contribution < 1.29 is 24.2 Å². The number of amides is 1. The Balaban J connectivity index is 1.90. The van der Waals surface area contributed by atoms with E-state index >= 15 is 0 Å². The first kappa shape index (κ1) is 16.7. The molecule has 0 aromatic carbocycles. The van der Waals surface area contributed by atoms with E-state index in [1.807, 2.05) is 0 Å². The third-order valence-electron chi connectivity index (χ3n) is 5.12. The van der Waals surface area contributed by atoms with Gasteiger partial charge in [-0.3, -0.25) is 14.5 Å². The van der Waals surface area contributed by atoms with Gasteiger partial charge < -0.3 is 20.9 Å². The Kier molecular flexibility index (Phi) is 4.01. The lowest BCUT2D eigenvalue weighted by molar-refractivity contribution is -0.157. The first-order valence-corrected chi connectivity index (χ1v) is 8.53. The fraction of sp³-hybridized carbons (Fsp3) is 0.389. The zero-order valence-electron chi connectivity index (χ0n) is 14.0. The highest BCUT2D eigenvalue weighted by Crippen LogP contribution is 2.39. The number of rotatable bonds is 3. The van der Waals surface area contributed by atoms with E-state index in [0.717, 1.165) is 12.1 Å². The number of carbonyl (C=O) groups excluding carboxylic acids is 2. The van der Waals surface area contributed by atoms with Gasteiger partial charge in [-0.15, -0.1) is 0 Å². The van der Waals surface area contributed by atoms with Gasteiger partial charge in [0.25, 0.3) is 0 Å². The minimum absolute atomic E-state index is 0.0857. The number of hydrogen-bond donors (Lipinski definition) is 3. The number of ether oxygens (including phenoxy) is 1. The fourth-order valence-corrected chi connectivity index (χ4v) is 3.78. The quantitative estimate of drug-likeness (QED) is 0.587. The highest BCUT2D eigenvalue weighted by Gasteiger charge is 2.53. The second-order valence-corrected chi connectivity index (χ2v) is 6.64. The second-order valence-electron chi connectivity index (χ2n) is 6.64. The van der Waals surface area contributed by atoms with Crippen LogP contribution < -0.4 is 11.1 Å². The largest absolute Gasteiger partial charge is 0.488 e. The summed E-state index contributed by atoms with van der Waals surface area (Å²) in [5, 5.41) is 13.0. The maximum absolute atomic E-state index is 12.5. The number of carbonyl (C=O) groups is 3. The van der Waals surface area contributed by atoms with Crippen LogP contribution in [0.25, 0.3) is 0 Å². The van der Waals surface area contributed by atoms with Gasteiger partial charge in [0.15, 0.2) is 17.2 Å². The number of Topliss-reactive ketones (excluding diaryl/α,β-unsaturated/α-hetero) is 1. The maximum atomic E-state index is 12.5. The molecule has 3 heterocycles. The predicted molar refractivity (Wildman–Crippen MR) is 90.6 cm³/mol. The third-order valence-corrected chi connectivity index (χ3v) is 5.12. The van der Waals surface area contributed by atoms with Crippen LogP contribution in [0.3, 0.4) is 0 Å². The number of nitrogens with two attached hydrogens (primary N) is 1. The molecule has 8 nitrogen and oxygen atoms in total. The Morgan fingerprint density at radius 1 is 1.38 bits per heavy atom. The topological polar surface area (TPSA) is 122 Å². The molecule has 2 atom stereocenters. The van der Waals surface area contributed by atoms with Crippen molar-refractivity contribution in [2.24, 2.45) is 5.73 Å². The van der Waals surface area contributed by atoms with Crippen molar-refractivity contribution in [2.75, 3.05) is 19.7 Å². The van der Waals surface area contributed by atoms with Crippen molar-refractivity contribution in [3.63, 3.8) is 0 Å². The number of nitrogens with one attached hydrogen (secondary N) is 1. The van der Waals surface area contributed by atoms with Gasteiger partial charge in [-0.2, -0.15) is 0 Å². The zero-order chi connectivity index (χ0) is 18.4. The molecule has 0 radical (unpaired) electrons. The molecular weight excluding hydrogens is 338 g/mol. The van der Waals surface area contributed by atoms with Crippen LogP contribution in [-0.2, 0) is 19.1 Å². The molecule has 26 heavy (non-hydrogen) atoms. The van der Waals surface area contributed by atoms with Gasteiger partial charge >= 0.3 is 5.97 Å². The minimum atomic E-state index is -1.27. The maximum Gasteiger partial charge on any atom is 0.356 e. The smallest absolute Gasteiger partial charge is 0.356 e. The van der Waals surface area contributed by atoms with Gasteiger partial charge in [-0.25, -0.2) is 4.79 Å². The molecule has 0 bridgehead atoms. The normalized spacial score (nSPS) is 29.9. The van der Waals surface area contributed by atoms with E-state index in [9.17, 15) is 19.5 Å². The van der Waals surface area contributed by atoms with Crippen LogP contribution in [0, 0.1) is 0 Å². The van der Waals surface area contributed by atoms with Gasteiger partial charge in [0.2, 0.25) is 5.91 Å². The number of ketones is 1. The molecule has 1 amide bonds. The molecule has 1 aliphatic carbocycles. The molecule has 0 aromatic heterocycles. The monoisotopic (exact) mass is 357 g/mol. The summed E-state index contributed by atoms with van der Waals surface area (Å²) < 4.78 is 5.80. The molecule has 4 aliphatic rings. The van der Waals surface area contributed by atoms with Crippen molar-refractivity contribution >= 4 is 17.7 Å². The number of carboxylic acids is 1. The molecule has 0 unspecified atom stereocenters. The van der Waals surface area contributed by atoms with Crippen LogP contribution in [0.15, 0.2) is 46.4 Å². The highest BCUT2D eigenvalue weighted by molar-refractivity contribution is 6.05. The molecule has 136 valence electrons. The number of β-lactam (4-membered cyclic amide) rings is 1. The van der Waals surface area contributed by atoms with E-state index in [-0.39, 0.29) is 30.3 Å². The molecule has 2 saturated heterocycles. The van der Waals surface area contributed by atoms with Gasteiger partial charge in [0, 0.05) is 24.1 Å². The first-order valence-electron chi connectivity index (χ1n) is 8.53. The van der Waals surface area contributed by atoms with Gasteiger partial charge in [0.1, 0.15) is 12.6 Å². The van der Waals surface area contributed by atoms with Crippen molar-refractivity contribution in [2.45, 2.75) is 24.9 Å². The van der Waals surface area contributed by atoms with Gasteiger partial charge in [-0.05, 0) is 18.5 Å². The molecule has 0 spiro atoms. The second kappa shape index (κ2) is 6.22. The molecule has 3 aliphatic heterocycles. The van der Waals surface area contributed by atoms with E-state index in [4.69, 9.17) is 10.5 Å². The van der Waals surface area contributed by atoms with Crippen molar-refractivity contribution in [1.82, 2.24) is 10.2 Å². The van der Waals surface area contributed by atoms with E-state index in [0.29, 0.717) is 24.1 Å². The SMILES string of the molecule is N[C@@H]1C(=O)N2C(C(=O)O)=C(/C(C3=CC=CCC3=O)=C3\CCNC3)OC[C@H]12. The highest BCUT2D eigenvalue weighted by atomic mass is 16.5. The standard InChI is InChI=1S/C18H19N3O5/c19-14-11-8-26-16(15(18(24)25)21(11)17(14)23)13(9-5-6-20-7-9)10-3-1-2-4-12(10)22/h1-3,11,14,20H,4-8,19H2,(H,24,25)/b13-9+/t11-,14+/m1/s1. The van der Waals surface area contributed by atoms with Crippen molar-refractivity contribution in [3.05, 3.63) is 46.4 Å². The van der Waals surface area contributed by atoms with Gasteiger partial charge in [-0.1, -0.05) is 18.2 Å². The summed E-state index contributed by atoms with van der Waals surface area (Å²) in [7, 11) is 0. The predicted octanol–water partition coefficient (Wildman–Crippen LogP) is -0.404. The van der Waals surface area contributed by atoms with Crippen LogP contribution in [0.5, 0.6) is 0 Å². The summed E-state index contributed by atoms with van der Waals surface area (Å²) in [6, 6.07) is -1.24. The molecule has 4 rings (SSSR count). The van der Waals surface area contributed by atoms with E-state index in [2.05, 4.69) is 5.32 Å². The Hall–Kier alpha value is -2.71. The minimum Gasteiger partial charge on any atom is -0.488 e. The Morgan fingerprint density at radius 3 is 2.85 bits per heavy atom. The first-order chi connectivity index (χ1) is 12.5. The Labute approximate surface area is 149 Å². The summed E-state index contributed by atoms with van der Waals surface area (Å²) in [5.41, 5.74) is 7.36. The third kappa shape index (κ3) is 2.41. The van der Waals surface area contributed by atoms with Crippen molar-refractivity contribution in [1.29, 1.82) is 0 Å². The lowest BCUT2D eigenvalue weighted by Crippen LogP contribution is -2.71. The summed E-state index contributed by atoms with van der Waals surface area (Å²) in [5.74, 6) is -1.72. The number of fused-ring (bicyclic) bond motifs is 1. The molecule has 0 saturated carbocycles. The average molecular weight is 357 g/mol. The molecular formula is C18H19N3O5. The molecule has 2 fully saturated rings. The number of hydrogen-bond acceptors (Lipinski definition) is 6. The lowest BCUT2D eigenvalue weighted by Gasteiger charge is -2.48. The fourth-order valence-electron chi connectivity index (χ4n) is 3.78. The average Bonchev–Trinajstić information content (AvgIpc) is 3.16. The van der Waals surface area contributed by atoms with E-state index < -0.39 is 24.0 Å². The molecule has 0 aromatic rings. The summed E-state index contributed by atoms with van der Waals surface area (Å²) in [6.45, 7) is 1.39. The van der Waals surface area contributed by atoms with E-state index in [1.54, 1.807) is 18.2 Å². The van der Waals surface area contributed by atoms with Crippen LogP contribution in [-0.4, -0.2) is 59.4 Å². The number of aliphatic carboxylic acids is 1. The van der Waals surface area contributed by atoms with Crippen LogP contribution in [0.2, 0.25) is 0 Å². The number of nitrogens with zero attached hydrogens (tertiary/aromatic N) is 1. The zero-order valence-corrected chi connectivity index (χ0v) is 14.0. The summed E-state index contributed by atoms with van der Waals surface area (Å²) in [4.78, 5) is 37.8. The van der Waals surface area contributed by atoms with E-state index in [1.165, 1.54) is 4.90 Å². The Morgan fingerprint density at radius 2 is 2.19 bits per heavy atom. The van der Waals surface area contributed by atoms with Crippen LogP contribution in [0.4, 0.5) is 0 Å².